The Labute approximate surface area is 172 Å². The van der Waals surface area contributed by atoms with Gasteiger partial charge in [-0.2, -0.15) is 0 Å². The van der Waals surface area contributed by atoms with Gasteiger partial charge >= 0.3 is 0 Å². The van der Waals surface area contributed by atoms with Gasteiger partial charge in [0, 0.05) is 13.1 Å². The summed E-state index contributed by atoms with van der Waals surface area (Å²) in [6.45, 7) is 9.62. The molecule has 0 radical (unpaired) electrons. The Morgan fingerprint density at radius 2 is 1.79 bits per heavy atom. The summed E-state index contributed by atoms with van der Waals surface area (Å²) in [4.78, 5) is 32.0. The van der Waals surface area contributed by atoms with Crippen LogP contribution in [0.15, 0.2) is 42.6 Å². The molecule has 1 heterocycles. The molecule has 2 aromatic rings. The van der Waals surface area contributed by atoms with Crippen LogP contribution in [0, 0.1) is 5.92 Å². The molecule has 7 heteroatoms. The zero-order valence-corrected chi connectivity index (χ0v) is 17.7. The van der Waals surface area contributed by atoms with Gasteiger partial charge < -0.3 is 20.3 Å². The molecule has 1 aromatic heterocycles. The first kappa shape index (κ1) is 22.2. The van der Waals surface area contributed by atoms with E-state index in [2.05, 4.69) is 34.4 Å². The molecule has 29 heavy (non-hydrogen) atoms. The Kier molecular flexibility index (Phi) is 8.00. The minimum Gasteiger partial charge on any atom is -0.496 e. The number of methoxy groups -OCH3 is 1. The van der Waals surface area contributed by atoms with Crippen LogP contribution in [0.25, 0.3) is 0 Å². The van der Waals surface area contributed by atoms with E-state index in [-0.39, 0.29) is 17.7 Å². The van der Waals surface area contributed by atoms with Gasteiger partial charge in [-0.25, -0.2) is 4.98 Å². The molecule has 0 saturated carbocycles. The lowest BCUT2D eigenvalue weighted by Crippen LogP contribution is -2.47. The van der Waals surface area contributed by atoms with Crippen LogP contribution in [-0.4, -0.2) is 43.0 Å². The summed E-state index contributed by atoms with van der Waals surface area (Å²) in [6, 6.07) is 9.91. The van der Waals surface area contributed by atoms with Crippen LogP contribution in [0.4, 0.5) is 11.5 Å². The predicted molar refractivity (Wildman–Crippen MR) is 116 cm³/mol. The van der Waals surface area contributed by atoms with Gasteiger partial charge in [0.25, 0.3) is 5.91 Å². The molecule has 2 rings (SSSR count). The van der Waals surface area contributed by atoms with Crippen molar-refractivity contribution < 1.29 is 14.3 Å². The summed E-state index contributed by atoms with van der Waals surface area (Å²) < 4.78 is 5.24. The van der Waals surface area contributed by atoms with Crippen molar-refractivity contribution in [3.8, 4) is 5.75 Å². The van der Waals surface area contributed by atoms with Crippen molar-refractivity contribution in [2.75, 3.05) is 30.4 Å². The summed E-state index contributed by atoms with van der Waals surface area (Å²) >= 11 is 0. The van der Waals surface area contributed by atoms with Gasteiger partial charge in [0.2, 0.25) is 5.91 Å². The van der Waals surface area contributed by atoms with Crippen LogP contribution in [0.2, 0.25) is 0 Å². The van der Waals surface area contributed by atoms with Gasteiger partial charge in [-0.15, -0.1) is 0 Å². The fraction of sp³-hybridized carbons (Fsp3) is 0.409. The van der Waals surface area contributed by atoms with Gasteiger partial charge in [-0.05, 0) is 44.0 Å². The van der Waals surface area contributed by atoms with E-state index < -0.39 is 6.04 Å². The number of rotatable bonds is 9. The Morgan fingerprint density at radius 1 is 1.10 bits per heavy atom. The molecule has 0 aliphatic rings. The molecule has 0 bridgehead atoms. The average molecular weight is 399 g/mol. The van der Waals surface area contributed by atoms with Crippen molar-refractivity contribution in [1.29, 1.82) is 0 Å². The number of hydrogen-bond acceptors (Lipinski definition) is 5. The molecule has 2 N–H and O–H groups in total. The number of carbonyl (C=O) groups excluding carboxylic acids is 2. The maximum absolute atomic E-state index is 12.8. The number of aromatic nitrogens is 1. The van der Waals surface area contributed by atoms with E-state index in [1.807, 2.05) is 26.0 Å². The molecule has 0 spiro atoms. The van der Waals surface area contributed by atoms with Crippen molar-refractivity contribution in [2.24, 2.45) is 5.92 Å². The van der Waals surface area contributed by atoms with Crippen LogP contribution >= 0.6 is 0 Å². The van der Waals surface area contributed by atoms with Crippen LogP contribution in [0.5, 0.6) is 5.75 Å². The Morgan fingerprint density at radius 3 is 2.34 bits per heavy atom. The van der Waals surface area contributed by atoms with E-state index in [0.29, 0.717) is 17.0 Å². The Balaban J connectivity index is 2.10. The third-order valence-corrected chi connectivity index (χ3v) is 4.69. The normalized spacial score (nSPS) is 11.7. The second kappa shape index (κ2) is 10.5. The van der Waals surface area contributed by atoms with Gasteiger partial charge in [0.1, 0.15) is 17.6 Å². The van der Waals surface area contributed by atoms with Crippen LogP contribution in [0.3, 0.4) is 0 Å². The van der Waals surface area contributed by atoms with E-state index in [9.17, 15) is 9.59 Å². The van der Waals surface area contributed by atoms with Crippen LogP contribution in [-0.2, 0) is 4.79 Å². The lowest BCUT2D eigenvalue weighted by molar-refractivity contribution is -0.118. The number of ether oxygens (including phenoxy) is 1. The van der Waals surface area contributed by atoms with E-state index >= 15 is 0 Å². The average Bonchev–Trinajstić information content (AvgIpc) is 2.73. The number of nitrogens with zero attached hydrogens (tertiary/aromatic N) is 2. The van der Waals surface area contributed by atoms with E-state index in [1.165, 1.54) is 7.11 Å². The zero-order valence-electron chi connectivity index (χ0n) is 17.7. The van der Waals surface area contributed by atoms with Crippen molar-refractivity contribution in [3.05, 3.63) is 48.2 Å². The van der Waals surface area contributed by atoms with Crippen molar-refractivity contribution in [2.45, 2.75) is 33.7 Å². The molecule has 0 aliphatic carbocycles. The van der Waals surface area contributed by atoms with Gasteiger partial charge in [-0.3, -0.25) is 9.59 Å². The van der Waals surface area contributed by atoms with Crippen molar-refractivity contribution in [1.82, 2.24) is 10.3 Å². The van der Waals surface area contributed by atoms with Crippen molar-refractivity contribution in [3.63, 3.8) is 0 Å². The van der Waals surface area contributed by atoms with Crippen LogP contribution < -0.4 is 20.3 Å². The number of carbonyl (C=O) groups is 2. The van der Waals surface area contributed by atoms with Gasteiger partial charge in [-0.1, -0.05) is 26.0 Å². The molecule has 0 saturated heterocycles. The highest BCUT2D eigenvalue weighted by atomic mass is 16.5. The topological polar surface area (TPSA) is 83.6 Å². The molecule has 1 atom stereocenters. The second-order valence-electron chi connectivity index (χ2n) is 6.96. The molecule has 0 aliphatic heterocycles. The SMILES string of the molecule is CCN(CC)c1ccc(NC(=O)C(NC(=O)c2ccccc2OC)C(C)C)cn1. The molecular formula is C22H30N4O3. The van der Waals surface area contributed by atoms with E-state index in [4.69, 9.17) is 4.74 Å². The highest BCUT2D eigenvalue weighted by molar-refractivity contribution is 6.02. The minimum absolute atomic E-state index is 0.100. The van der Waals surface area contributed by atoms with E-state index in [0.717, 1.165) is 18.9 Å². The fourth-order valence-electron chi connectivity index (χ4n) is 3.00. The standard InChI is InChI=1S/C22H30N4O3/c1-6-26(7-2)19-13-12-16(14-23-19)24-22(28)20(15(3)4)25-21(27)17-10-8-9-11-18(17)29-5/h8-15,20H,6-7H2,1-5H3,(H,24,28)(H,25,27). The summed E-state index contributed by atoms with van der Waals surface area (Å²) in [6.07, 6.45) is 1.63. The molecule has 156 valence electrons. The largest absolute Gasteiger partial charge is 0.496 e. The first-order valence-electron chi connectivity index (χ1n) is 9.86. The quantitative estimate of drug-likeness (QED) is 0.677. The Bertz CT molecular complexity index is 817. The monoisotopic (exact) mass is 398 g/mol. The zero-order chi connectivity index (χ0) is 21.4. The molecule has 2 amide bonds. The summed E-state index contributed by atoms with van der Waals surface area (Å²) in [5.74, 6) is 0.575. The first-order chi connectivity index (χ1) is 13.9. The second-order valence-corrected chi connectivity index (χ2v) is 6.96. The lowest BCUT2D eigenvalue weighted by atomic mass is 10.0. The first-order valence-corrected chi connectivity index (χ1v) is 9.86. The minimum atomic E-state index is -0.699. The number of hydrogen-bond donors (Lipinski definition) is 2. The highest BCUT2D eigenvalue weighted by Gasteiger charge is 2.26. The number of benzene rings is 1. The smallest absolute Gasteiger partial charge is 0.255 e. The number of anilines is 2. The molecular weight excluding hydrogens is 368 g/mol. The maximum Gasteiger partial charge on any atom is 0.255 e. The fourth-order valence-corrected chi connectivity index (χ4v) is 3.00. The third-order valence-electron chi connectivity index (χ3n) is 4.69. The van der Waals surface area contributed by atoms with Crippen molar-refractivity contribution >= 4 is 23.3 Å². The van der Waals surface area contributed by atoms with Gasteiger partial charge in [0.15, 0.2) is 0 Å². The molecule has 1 unspecified atom stereocenters. The Hall–Kier alpha value is -3.09. The number of nitrogens with one attached hydrogen (secondary N) is 2. The predicted octanol–water partition coefficient (Wildman–Crippen LogP) is 3.33. The third kappa shape index (κ3) is 5.70. The maximum atomic E-state index is 12.8. The van der Waals surface area contributed by atoms with Gasteiger partial charge in [0.05, 0.1) is 24.6 Å². The molecule has 0 fully saturated rings. The summed E-state index contributed by atoms with van der Waals surface area (Å²) in [5, 5.41) is 5.66. The number of amides is 2. The molecule has 7 nitrogen and oxygen atoms in total. The van der Waals surface area contributed by atoms with Crippen LogP contribution in [0.1, 0.15) is 38.1 Å². The summed E-state index contributed by atoms with van der Waals surface area (Å²) in [5.41, 5.74) is 0.974. The summed E-state index contributed by atoms with van der Waals surface area (Å²) in [7, 11) is 1.51. The molecule has 1 aromatic carbocycles. The highest BCUT2D eigenvalue weighted by Crippen LogP contribution is 2.18. The van der Waals surface area contributed by atoms with E-state index in [1.54, 1.807) is 30.5 Å². The number of pyridine rings is 1. The number of para-hydroxylation sites is 1. The lowest BCUT2D eigenvalue weighted by Gasteiger charge is -2.23.